The van der Waals surface area contributed by atoms with E-state index in [1.165, 1.54) is 7.11 Å². The minimum absolute atomic E-state index is 0.160. The van der Waals surface area contributed by atoms with E-state index in [9.17, 15) is 22.4 Å². The minimum atomic E-state index is -4.62. The van der Waals surface area contributed by atoms with Crippen molar-refractivity contribution in [1.82, 2.24) is 0 Å². The third-order valence-electron chi connectivity index (χ3n) is 4.40. The van der Waals surface area contributed by atoms with Crippen molar-refractivity contribution < 1.29 is 27.1 Å². The molecule has 3 nitrogen and oxygen atoms in total. The van der Waals surface area contributed by atoms with Gasteiger partial charge in [-0.05, 0) is 53.9 Å². The van der Waals surface area contributed by atoms with Crippen molar-refractivity contribution in [3.63, 3.8) is 0 Å². The first-order valence-electron chi connectivity index (χ1n) is 8.00. The topological polar surface area (TPSA) is 29.5 Å². The van der Waals surface area contributed by atoms with Crippen LogP contribution in [0.15, 0.2) is 36.4 Å². The lowest BCUT2D eigenvalue weighted by atomic mass is 9.96. The Morgan fingerprint density at radius 1 is 1.08 bits per heavy atom. The number of aryl methyl sites for hydroxylation is 1. The Hall–Kier alpha value is -2.57. The highest BCUT2D eigenvalue weighted by Crippen LogP contribution is 2.35. The molecule has 0 radical (unpaired) electrons. The molecule has 0 spiro atoms. The van der Waals surface area contributed by atoms with E-state index in [0.717, 1.165) is 23.4 Å². The highest BCUT2D eigenvalue weighted by atomic mass is 19.4. The molecule has 0 atom stereocenters. The fourth-order valence-electron chi connectivity index (χ4n) is 3.04. The average molecular weight is 367 g/mol. The predicted octanol–water partition coefficient (Wildman–Crippen LogP) is 4.43. The maximum atomic E-state index is 13.7. The van der Waals surface area contributed by atoms with Crippen molar-refractivity contribution in [3.05, 3.63) is 53.3 Å². The van der Waals surface area contributed by atoms with E-state index in [-0.39, 0.29) is 17.5 Å². The zero-order valence-corrected chi connectivity index (χ0v) is 14.2. The summed E-state index contributed by atoms with van der Waals surface area (Å²) in [5.74, 6) is -1.43. The largest absolute Gasteiger partial charge is 0.469 e. The van der Waals surface area contributed by atoms with Gasteiger partial charge < -0.3 is 9.64 Å². The number of benzene rings is 2. The van der Waals surface area contributed by atoms with Gasteiger partial charge in [0.15, 0.2) is 0 Å². The van der Waals surface area contributed by atoms with Gasteiger partial charge in [0.05, 0.1) is 18.6 Å². The summed E-state index contributed by atoms with van der Waals surface area (Å²) in [5.41, 5.74) is 1.24. The van der Waals surface area contributed by atoms with Crippen molar-refractivity contribution in [1.29, 1.82) is 0 Å². The molecule has 1 aliphatic heterocycles. The number of esters is 1. The zero-order chi connectivity index (χ0) is 19.1. The van der Waals surface area contributed by atoms with Gasteiger partial charge in [-0.2, -0.15) is 13.2 Å². The van der Waals surface area contributed by atoms with E-state index < -0.39 is 17.6 Å². The van der Waals surface area contributed by atoms with Gasteiger partial charge in [0.1, 0.15) is 5.82 Å². The Kier molecular flexibility index (Phi) is 4.64. The number of rotatable bonds is 3. The molecule has 3 rings (SSSR count). The van der Waals surface area contributed by atoms with Gasteiger partial charge in [-0.15, -0.1) is 0 Å². The molecule has 1 fully saturated rings. The van der Waals surface area contributed by atoms with Crippen LogP contribution in [0, 0.1) is 18.7 Å². The Morgan fingerprint density at radius 3 is 2.35 bits per heavy atom. The highest BCUT2D eigenvalue weighted by molar-refractivity contribution is 5.77. The van der Waals surface area contributed by atoms with Crippen LogP contribution in [0.2, 0.25) is 0 Å². The lowest BCUT2D eigenvalue weighted by Gasteiger charge is -2.39. The first-order chi connectivity index (χ1) is 12.2. The lowest BCUT2D eigenvalue weighted by molar-refractivity contribution is -0.146. The van der Waals surface area contributed by atoms with Gasteiger partial charge in [-0.25, -0.2) is 4.39 Å². The van der Waals surface area contributed by atoms with Crippen LogP contribution in [0.4, 0.5) is 23.2 Å². The second kappa shape index (κ2) is 6.63. The fourth-order valence-corrected chi connectivity index (χ4v) is 3.04. The third kappa shape index (κ3) is 3.66. The number of methoxy groups -OCH3 is 1. The summed E-state index contributed by atoms with van der Waals surface area (Å²) < 4.78 is 57.2. The molecule has 2 aromatic carbocycles. The van der Waals surface area contributed by atoms with E-state index in [2.05, 4.69) is 0 Å². The molecule has 138 valence electrons. The molecule has 0 aliphatic carbocycles. The number of hydrogen-bond donors (Lipinski definition) is 0. The van der Waals surface area contributed by atoms with E-state index in [1.807, 2.05) is 17.9 Å². The molecule has 0 saturated carbocycles. The van der Waals surface area contributed by atoms with E-state index >= 15 is 0 Å². The Bertz CT molecular complexity index is 842. The number of nitrogens with zero attached hydrogens (tertiary/aromatic N) is 1. The predicted molar refractivity (Wildman–Crippen MR) is 89.3 cm³/mol. The normalized spacial score (nSPS) is 14.9. The molecule has 26 heavy (non-hydrogen) atoms. The molecule has 0 N–H and O–H groups in total. The number of carbonyl (C=O) groups is 1. The van der Waals surface area contributed by atoms with Crippen LogP contribution in [-0.2, 0) is 15.7 Å². The summed E-state index contributed by atoms with van der Waals surface area (Å²) >= 11 is 0. The van der Waals surface area contributed by atoms with Crippen LogP contribution >= 0.6 is 0 Å². The van der Waals surface area contributed by atoms with Crippen molar-refractivity contribution in [2.75, 3.05) is 25.1 Å². The van der Waals surface area contributed by atoms with Gasteiger partial charge in [0.25, 0.3) is 0 Å². The minimum Gasteiger partial charge on any atom is -0.469 e. The number of anilines is 1. The van der Waals surface area contributed by atoms with Gasteiger partial charge in [0.2, 0.25) is 0 Å². The van der Waals surface area contributed by atoms with Crippen LogP contribution in [0.5, 0.6) is 0 Å². The second-order valence-corrected chi connectivity index (χ2v) is 6.41. The van der Waals surface area contributed by atoms with E-state index in [1.54, 1.807) is 12.1 Å². The molecule has 0 bridgehead atoms. The van der Waals surface area contributed by atoms with Crippen molar-refractivity contribution >= 4 is 11.7 Å². The number of ether oxygens (including phenoxy) is 1. The van der Waals surface area contributed by atoms with Crippen molar-refractivity contribution in [2.45, 2.75) is 13.1 Å². The van der Waals surface area contributed by atoms with Crippen molar-refractivity contribution in [3.8, 4) is 11.1 Å². The van der Waals surface area contributed by atoms with Gasteiger partial charge in [-0.3, -0.25) is 4.79 Å². The SMILES string of the molecule is COC(=O)C1CN(c2cc(C)cc(-c3cc(F)cc(C(F)(F)F)c3)c2)C1. The maximum Gasteiger partial charge on any atom is 0.416 e. The molecular formula is C19H17F4NO2. The molecule has 0 aromatic heterocycles. The average Bonchev–Trinajstić information content (AvgIpc) is 2.51. The van der Waals surface area contributed by atoms with Crippen LogP contribution in [-0.4, -0.2) is 26.2 Å². The summed E-state index contributed by atoms with van der Waals surface area (Å²) in [6.45, 7) is 2.77. The van der Waals surface area contributed by atoms with Crippen LogP contribution in [0.25, 0.3) is 11.1 Å². The molecule has 0 unspecified atom stereocenters. The Labute approximate surface area is 148 Å². The number of hydrogen-bond acceptors (Lipinski definition) is 3. The molecule has 7 heteroatoms. The number of alkyl halides is 3. The van der Waals surface area contributed by atoms with Gasteiger partial charge in [-0.1, -0.05) is 6.07 Å². The van der Waals surface area contributed by atoms with E-state index in [0.29, 0.717) is 24.7 Å². The fraction of sp³-hybridized carbons (Fsp3) is 0.316. The summed E-state index contributed by atoms with van der Waals surface area (Å²) in [6.07, 6.45) is -4.62. The van der Waals surface area contributed by atoms with E-state index in [4.69, 9.17) is 4.74 Å². The van der Waals surface area contributed by atoms with Crippen LogP contribution in [0.3, 0.4) is 0 Å². The number of carbonyl (C=O) groups excluding carboxylic acids is 1. The number of halogens is 4. The maximum absolute atomic E-state index is 13.7. The lowest BCUT2D eigenvalue weighted by Crippen LogP contribution is -2.50. The molecule has 1 heterocycles. The van der Waals surface area contributed by atoms with Crippen LogP contribution in [0.1, 0.15) is 11.1 Å². The molecule has 2 aromatic rings. The first-order valence-corrected chi connectivity index (χ1v) is 8.00. The Balaban J connectivity index is 1.92. The van der Waals surface area contributed by atoms with Crippen molar-refractivity contribution in [2.24, 2.45) is 5.92 Å². The molecule has 0 amide bonds. The smallest absolute Gasteiger partial charge is 0.416 e. The Morgan fingerprint density at radius 2 is 1.73 bits per heavy atom. The molecule has 1 aliphatic rings. The second-order valence-electron chi connectivity index (χ2n) is 6.41. The molecular weight excluding hydrogens is 350 g/mol. The quantitative estimate of drug-likeness (QED) is 0.594. The standard InChI is InChI=1S/C19H17F4NO2/c1-11-3-12(13-5-15(19(21,22)23)8-16(20)6-13)7-17(4-11)24-9-14(10-24)18(25)26-2/h3-8,14H,9-10H2,1-2H3. The zero-order valence-electron chi connectivity index (χ0n) is 14.2. The summed E-state index contributed by atoms with van der Waals surface area (Å²) in [6, 6.07) is 7.79. The van der Waals surface area contributed by atoms with Gasteiger partial charge >= 0.3 is 12.1 Å². The third-order valence-corrected chi connectivity index (χ3v) is 4.40. The highest BCUT2D eigenvalue weighted by Gasteiger charge is 2.34. The first kappa shape index (κ1) is 18.2. The monoisotopic (exact) mass is 367 g/mol. The summed E-state index contributed by atoms with van der Waals surface area (Å²) in [5, 5.41) is 0. The summed E-state index contributed by atoms with van der Waals surface area (Å²) in [4.78, 5) is 13.4. The van der Waals surface area contributed by atoms with Crippen LogP contribution < -0.4 is 4.90 Å². The summed E-state index contributed by atoms with van der Waals surface area (Å²) in [7, 11) is 1.33. The van der Waals surface area contributed by atoms with Gasteiger partial charge in [0, 0.05) is 18.8 Å². The molecule has 1 saturated heterocycles.